The van der Waals surface area contributed by atoms with Crippen molar-refractivity contribution in [1.82, 2.24) is 4.90 Å². The lowest BCUT2D eigenvalue weighted by molar-refractivity contribution is -0.179. The van der Waals surface area contributed by atoms with Crippen LogP contribution in [0, 0.1) is 11.8 Å². The van der Waals surface area contributed by atoms with Crippen molar-refractivity contribution in [1.29, 1.82) is 0 Å². The predicted octanol–water partition coefficient (Wildman–Crippen LogP) is 2.54. The van der Waals surface area contributed by atoms with E-state index in [0.717, 1.165) is 51.1 Å². The topological polar surface area (TPSA) is 64.8 Å². The lowest BCUT2D eigenvalue weighted by atomic mass is 9.62. The first kappa shape index (κ1) is 18.0. The molecule has 1 saturated carbocycles. The van der Waals surface area contributed by atoms with Crippen molar-refractivity contribution in [2.24, 2.45) is 17.6 Å². The monoisotopic (exact) mass is 358 g/mol. The molecule has 142 valence electrons. The molecule has 5 heteroatoms. The second-order valence-corrected chi connectivity index (χ2v) is 8.09. The molecule has 3 aliphatic rings. The van der Waals surface area contributed by atoms with E-state index in [1.54, 1.807) is 6.07 Å². The highest BCUT2D eigenvalue weighted by atomic mass is 16.5. The molecule has 2 heterocycles. The summed E-state index contributed by atoms with van der Waals surface area (Å²) in [5, 5.41) is 0. The van der Waals surface area contributed by atoms with Crippen LogP contribution in [0.2, 0.25) is 0 Å². The molecule has 5 nitrogen and oxygen atoms in total. The number of hydrogen-bond acceptors (Lipinski definition) is 4. The maximum Gasteiger partial charge on any atom is 0.248 e. The first-order valence-electron chi connectivity index (χ1n) is 9.92. The number of nitrogens with zero attached hydrogens (tertiary/aromatic N) is 1. The van der Waals surface area contributed by atoms with Gasteiger partial charge in [-0.3, -0.25) is 9.69 Å². The third kappa shape index (κ3) is 2.96. The molecule has 26 heavy (non-hydrogen) atoms. The number of amides is 1. The van der Waals surface area contributed by atoms with Gasteiger partial charge in [0.2, 0.25) is 5.91 Å². The quantitative estimate of drug-likeness (QED) is 0.898. The maximum atomic E-state index is 11.7. The van der Waals surface area contributed by atoms with E-state index in [2.05, 4.69) is 11.0 Å². The summed E-state index contributed by atoms with van der Waals surface area (Å²) in [6.45, 7) is 3.84. The number of carbonyl (C=O) groups is 1. The van der Waals surface area contributed by atoms with E-state index in [1.807, 2.05) is 19.2 Å². The number of rotatable bonds is 4. The minimum atomic E-state index is -0.375. The van der Waals surface area contributed by atoms with Crippen molar-refractivity contribution in [3.05, 3.63) is 35.4 Å². The van der Waals surface area contributed by atoms with Crippen LogP contribution in [-0.2, 0) is 15.1 Å². The van der Waals surface area contributed by atoms with Gasteiger partial charge in [-0.05, 0) is 43.4 Å². The van der Waals surface area contributed by atoms with Crippen LogP contribution in [0.3, 0.4) is 0 Å². The largest absolute Gasteiger partial charge is 0.380 e. The zero-order valence-electron chi connectivity index (χ0n) is 15.7. The van der Waals surface area contributed by atoms with Crippen LogP contribution >= 0.6 is 0 Å². The van der Waals surface area contributed by atoms with Crippen molar-refractivity contribution in [3.8, 4) is 0 Å². The molecular weight excluding hydrogens is 328 g/mol. The molecule has 4 rings (SSSR count). The van der Waals surface area contributed by atoms with Gasteiger partial charge in [-0.15, -0.1) is 0 Å². The van der Waals surface area contributed by atoms with Crippen molar-refractivity contribution in [2.75, 3.05) is 33.4 Å². The van der Waals surface area contributed by atoms with Gasteiger partial charge in [0.05, 0.1) is 6.61 Å². The lowest BCUT2D eigenvalue weighted by Crippen LogP contribution is -2.61. The Kier molecular flexibility index (Phi) is 5.04. The number of piperidine rings is 1. The molecule has 0 unspecified atom stereocenters. The van der Waals surface area contributed by atoms with Gasteiger partial charge in [-0.2, -0.15) is 0 Å². The molecule has 1 aromatic rings. The first-order chi connectivity index (χ1) is 12.6. The van der Waals surface area contributed by atoms with Gasteiger partial charge >= 0.3 is 0 Å². The molecule has 1 aliphatic carbocycles. The summed E-state index contributed by atoms with van der Waals surface area (Å²) in [7, 11) is 1.83. The van der Waals surface area contributed by atoms with Crippen molar-refractivity contribution in [2.45, 2.75) is 43.7 Å². The lowest BCUT2D eigenvalue weighted by Gasteiger charge is -2.57. The van der Waals surface area contributed by atoms with Gasteiger partial charge in [-0.1, -0.05) is 18.6 Å². The Hall–Kier alpha value is -1.43. The molecule has 0 radical (unpaired) electrons. The number of methoxy groups -OCH3 is 1. The second kappa shape index (κ2) is 7.29. The van der Waals surface area contributed by atoms with E-state index >= 15 is 0 Å². The van der Waals surface area contributed by atoms with Crippen LogP contribution in [0.15, 0.2) is 24.3 Å². The molecule has 1 amide bonds. The van der Waals surface area contributed by atoms with Crippen LogP contribution in [-0.4, -0.2) is 50.3 Å². The molecule has 2 saturated heterocycles. The molecule has 0 aromatic heterocycles. The van der Waals surface area contributed by atoms with E-state index in [1.165, 1.54) is 12.8 Å². The fraction of sp³-hybridized carbons (Fsp3) is 0.667. The molecule has 0 spiro atoms. The molecule has 2 aliphatic heterocycles. The molecule has 4 atom stereocenters. The highest BCUT2D eigenvalue weighted by Gasteiger charge is 2.54. The second-order valence-electron chi connectivity index (χ2n) is 8.09. The third-order valence-corrected chi connectivity index (χ3v) is 6.82. The summed E-state index contributed by atoms with van der Waals surface area (Å²) >= 11 is 0. The maximum absolute atomic E-state index is 11.7. The zero-order valence-corrected chi connectivity index (χ0v) is 15.7. The average Bonchev–Trinajstić information content (AvgIpc) is 2.67. The predicted molar refractivity (Wildman–Crippen MR) is 99.9 cm³/mol. The standard InChI is InChI=1S/C21H30N2O3/c1-25-21(16-6-2-5-15(11-16)20(22)24)17-7-3-8-18(21)13-23(12-17)19-9-4-10-26-14-19/h2,5-6,11,17-19H,3-4,7-10,12-14H2,1H3,(H2,22,24)/t17-,18+,19-,21+/m1/s1. The number of nitrogens with two attached hydrogens (primary N) is 1. The summed E-state index contributed by atoms with van der Waals surface area (Å²) in [6, 6.07) is 8.34. The summed E-state index contributed by atoms with van der Waals surface area (Å²) in [6.07, 6.45) is 5.97. The van der Waals surface area contributed by atoms with Gasteiger partial charge < -0.3 is 15.2 Å². The smallest absolute Gasteiger partial charge is 0.248 e. The fourth-order valence-corrected chi connectivity index (χ4v) is 5.62. The number of benzene rings is 1. The van der Waals surface area contributed by atoms with Gasteiger partial charge in [0.15, 0.2) is 0 Å². The Morgan fingerprint density at radius 1 is 1.23 bits per heavy atom. The summed E-state index contributed by atoms with van der Waals surface area (Å²) in [5.74, 6) is 0.496. The third-order valence-electron chi connectivity index (χ3n) is 6.82. The first-order valence-corrected chi connectivity index (χ1v) is 9.92. The van der Waals surface area contributed by atoms with E-state index in [4.69, 9.17) is 15.2 Å². The molecule has 2 bridgehead atoms. The van der Waals surface area contributed by atoms with Gasteiger partial charge in [-0.25, -0.2) is 0 Å². The van der Waals surface area contributed by atoms with Crippen molar-refractivity contribution in [3.63, 3.8) is 0 Å². The molecular formula is C21H30N2O3. The van der Waals surface area contributed by atoms with Crippen LogP contribution < -0.4 is 5.73 Å². The summed E-state index contributed by atoms with van der Waals surface area (Å²) in [4.78, 5) is 14.3. The van der Waals surface area contributed by atoms with Crippen LogP contribution in [0.4, 0.5) is 0 Å². The van der Waals surface area contributed by atoms with Gasteiger partial charge in [0, 0.05) is 50.2 Å². The summed E-state index contributed by atoms with van der Waals surface area (Å²) in [5.41, 5.74) is 6.91. The number of likely N-dealkylation sites (tertiary alicyclic amines) is 1. The highest BCUT2D eigenvalue weighted by Crippen LogP contribution is 2.52. The number of fused-ring (bicyclic) bond motifs is 2. The van der Waals surface area contributed by atoms with E-state index < -0.39 is 0 Å². The van der Waals surface area contributed by atoms with Gasteiger partial charge in [0.25, 0.3) is 0 Å². The molecule has 2 N–H and O–H groups in total. The van der Waals surface area contributed by atoms with Crippen LogP contribution in [0.5, 0.6) is 0 Å². The SMILES string of the molecule is CO[C@@]1(c2cccc(C(N)=O)c2)[C@@H]2CCC[C@H]1CN([C@@H]1CCCOC1)C2. The summed E-state index contributed by atoms with van der Waals surface area (Å²) < 4.78 is 12.0. The van der Waals surface area contributed by atoms with E-state index in [-0.39, 0.29) is 11.5 Å². The Morgan fingerprint density at radius 3 is 2.62 bits per heavy atom. The molecule has 1 aromatic carbocycles. The highest BCUT2D eigenvalue weighted by molar-refractivity contribution is 5.92. The number of hydrogen-bond donors (Lipinski definition) is 1. The number of carbonyl (C=O) groups excluding carboxylic acids is 1. The minimum Gasteiger partial charge on any atom is -0.380 e. The average molecular weight is 358 g/mol. The Bertz CT molecular complexity index is 642. The van der Waals surface area contributed by atoms with Crippen molar-refractivity contribution >= 4 is 5.91 Å². The van der Waals surface area contributed by atoms with E-state index in [9.17, 15) is 4.79 Å². The fourth-order valence-electron chi connectivity index (χ4n) is 5.62. The Labute approximate surface area is 155 Å². The van der Waals surface area contributed by atoms with Crippen LogP contribution in [0.25, 0.3) is 0 Å². The minimum absolute atomic E-state index is 0.310. The Morgan fingerprint density at radius 2 is 2.00 bits per heavy atom. The van der Waals surface area contributed by atoms with Crippen LogP contribution in [0.1, 0.15) is 48.0 Å². The normalized spacial score (nSPS) is 35.2. The van der Waals surface area contributed by atoms with Gasteiger partial charge in [0.1, 0.15) is 5.60 Å². The Balaban J connectivity index is 1.66. The number of primary amides is 1. The van der Waals surface area contributed by atoms with E-state index in [0.29, 0.717) is 23.4 Å². The zero-order chi connectivity index (χ0) is 18.1. The van der Waals surface area contributed by atoms with Crippen molar-refractivity contribution < 1.29 is 14.3 Å². The molecule has 3 fully saturated rings. The number of ether oxygens (including phenoxy) is 2.